The van der Waals surface area contributed by atoms with E-state index in [1.54, 1.807) is 17.0 Å². The van der Waals surface area contributed by atoms with Gasteiger partial charge in [-0.3, -0.25) is 9.59 Å². The largest absolute Gasteiger partial charge is 0.494 e. The summed E-state index contributed by atoms with van der Waals surface area (Å²) in [6, 6.07) is 14.9. The maximum atomic E-state index is 14.5. The van der Waals surface area contributed by atoms with Crippen molar-refractivity contribution in [3.05, 3.63) is 75.7 Å². The molecule has 3 heterocycles. The van der Waals surface area contributed by atoms with Crippen LogP contribution in [0.3, 0.4) is 0 Å². The molecule has 0 spiro atoms. The molecule has 216 valence electrons. The Kier molecular flexibility index (Phi) is 8.15. The van der Waals surface area contributed by atoms with Gasteiger partial charge in [0.1, 0.15) is 11.4 Å². The van der Waals surface area contributed by atoms with Gasteiger partial charge in [-0.05, 0) is 64.4 Å². The number of anilines is 1. The van der Waals surface area contributed by atoms with Gasteiger partial charge in [0.05, 0.1) is 29.5 Å². The van der Waals surface area contributed by atoms with Crippen LogP contribution in [0.1, 0.15) is 68.0 Å². The van der Waals surface area contributed by atoms with Gasteiger partial charge in [-0.2, -0.15) is 0 Å². The highest BCUT2D eigenvalue weighted by Crippen LogP contribution is 2.51. The molecule has 0 radical (unpaired) electrons. The predicted molar refractivity (Wildman–Crippen MR) is 156 cm³/mol. The minimum absolute atomic E-state index is 0.00308. The fourth-order valence-corrected chi connectivity index (χ4v) is 5.72. The van der Waals surface area contributed by atoms with Crippen molar-refractivity contribution in [1.82, 2.24) is 4.98 Å². The molecule has 41 heavy (non-hydrogen) atoms. The van der Waals surface area contributed by atoms with Crippen molar-refractivity contribution in [2.24, 2.45) is 4.99 Å². The number of carbonyl (C=O) groups is 2. The molecule has 0 fully saturated rings. The second-order valence-corrected chi connectivity index (χ2v) is 12.2. The number of ether oxygens (including phenoxy) is 3. The standard InChI is InChI=1S/C31H35N3O6S/c1-20-32-22(19-41-20)18-34-25-9-6-5-8-24(25)27-31(29(34)37,15-14-26(36)40-30(2,3)4)33-28(39-27)21-10-12-23(13-11-21)38-17-7-16-35/h5-6,8-13,19,27,35H,7,14-18H2,1-4H3/t27-,31-/m0/s1. The lowest BCUT2D eigenvalue weighted by atomic mass is 9.79. The third kappa shape index (κ3) is 6.13. The fourth-order valence-electron chi connectivity index (χ4n) is 5.11. The van der Waals surface area contributed by atoms with Gasteiger partial charge in [0.2, 0.25) is 5.90 Å². The zero-order chi connectivity index (χ0) is 29.2. The van der Waals surface area contributed by atoms with Crippen LogP contribution in [-0.4, -0.2) is 52.2 Å². The first-order valence-corrected chi connectivity index (χ1v) is 14.6. The molecule has 1 N–H and O–H groups in total. The average molecular weight is 578 g/mol. The lowest BCUT2D eigenvalue weighted by molar-refractivity contribution is -0.155. The van der Waals surface area contributed by atoms with E-state index in [9.17, 15) is 9.59 Å². The van der Waals surface area contributed by atoms with Crippen LogP contribution in [0.25, 0.3) is 0 Å². The van der Waals surface area contributed by atoms with E-state index >= 15 is 0 Å². The number of benzene rings is 2. The van der Waals surface area contributed by atoms with Crippen molar-refractivity contribution < 1.29 is 28.9 Å². The summed E-state index contributed by atoms with van der Waals surface area (Å²) in [5.74, 6) is 0.348. The quantitative estimate of drug-likeness (QED) is 0.262. The predicted octanol–water partition coefficient (Wildman–Crippen LogP) is 5.14. The Hall–Kier alpha value is -3.76. The normalized spacial score (nSPS) is 19.7. The van der Waals surface area contributed by atoms with Crippen LogP contribution in [0.2, 0.25) is 0 Å². The molecule has 0 saturated heterocycles. The van der Waals surface area contributed by atoms with E-state index in [2.05, 4.69) is 4.98 Å². The fraction of sp³-hybridized carbons (Fsp3) is 0.419. The van der Waals surface area contributed by atoms with E-state index in [0.29, 0.717) is 30.2 Å². The van der Waals surface area contributed by atoms with E-state index in [0.717, 1.165) is 22.0 Å². The monoisotopic (exact) mass is 577 g/mol. The summed E-state index contributed by atoms with van der Waals surface area (Å²) in [5, 5.41) is 11.9. The average Bonchev–Trinajstić information content (AvgIpc) is 3.54. The minimum Gasteiger partial charge on any atom is -0.494 e. The number of para-hydroxylation sites is 1. The van der Waals surface area contributed by atoms with Gasteiger partial charge in [0.25, 0.3) is 5.91 Å². The number of fused-ring (bicyclic) bond motifs is 3. The molecule has 2 aliphatic heterocycles. The highest BCUT2D eigenvalue weighted by atomic mass is 32.1. The van der Waals surface area contributed by atoms with Crippen molar-refractivity contribution in [3.63, 3.8) is 0 Å². The summed E-state index contributed by atoms with van der Waals surface area (Å²) in [6.07, 6.45) is -0.0447. The van der Waals surface area contributed by atoms with Gasteiger partial charge < -0.3 is 24.2 Å². The van der Waals surface area contributed by atoms with E-state index < -0.39 is 23.2 Å². The minimum atomic E-state index is -1.36. The number of hydrogen-bond acceptors (Lipinski definition) is 9. The zero-order valence-electron chi connectivity index (χ0n) is 23.8. The third-order valence-electron chi connectivity index (χ3n) is 6.88. The maximum Gasteiger partial charge on any atom is 0.306 e. The topological polar surface area (TPSA) is 111 Å². The molecular weight excluding hydrogens is 542 g/mol. The Balaban J connectivity index is 1.52. The lowest BCUT2D eigenvalue weighted by Gasteiger charge is -2.41. The van der Waals surface area contributed by atoms with E-state index in [1.165, 1.54) is 11.3 Å². The second-order valence-electron chi connectivity index (χ2n) is 11.2. The first-order chi connectivity index (χ1) is 19.6. The second kappa shape index (κ2) is 11.6. The third-order valence-corrected chi connectivity index (χ3v) is 7.70. The zero-order valence-corrected chi connectivity index (χ0v) is 24.6. The molecule has 9 nitrogen and oxygen atoms in total. The SMILES string of the molecule is Cc1nc(CN2C(=O)[C@@]3(CCC(=O)OC(C)(C)C)N=C(c4ccc(OCCCO)cc4)O[C@H]3c3ccccc32)cs1. The number of aliphatic hydroxyl groups is 1. The van der Waals surface area contributed by atoms with Gasteiger partial charge >= 0.3 is 5.97 Å². The Morgan fingerprint density at radius 2 is 1.93 bits per heavy atom. The molecule has 1 aromatic heterocycles. The Labute approximate surface area is 243 Å². The van der Waals surface area contributed by atoms with Crippen LogP contribution in [0.15, 0.2) is 58.9 Å². The van der Waals surface area contributed by atoms with Crippen LogP contribution >= 0.6 is 11.3 Å². The van der Waals surface area contributed by atoms with E-state index in [4.69, 9.17) is 24.3 Å². The molecule has 0 aliphatic carbocycles. The van der Waals surface area contributed by atoms with Crippen LogP contribution in [0.5, 0.6) is 5.75 Å². The molecule has 1 amide bonds. The van der Waals surface area contributed by atoms with Gasteiger partial charge in [0.15, 0.2) is 11.6 Å². The summed E-state index contributed by atoms with van der Waals surface area (Å²) >= 11 is 1.53. The summed E-state index contributed by atoms with van der Waals surface area (Å²) in [6.45, 7) is 8.13. The molecule has 2 atom stereocenters. The van der Waals surface area contributed by atoms with Crippen LogP contribution < -0.4 is 9.64 Å². The molecular formula is C31H35N3O6S. The number of carbonyl (C=O) groups excluding carboxylic acids is 2. The summed E-state index contributed by atoms with van der Waals surface area (Å²) in [4.78, 5) is 38.6. The van der Waals surface area contributed by atoms with Crippen molar-refractivity contribution in [2.75, 3.05) is 18.1 Å². The number of nitrogens with zero attached hydrogens (tertiary/aromatic N) is 3. The summed E-state index contributed by atoms with van der Waals surface area (Å²) in [5.41, 5.74) is 1.04. The van der Waals surface area contributed by atoms with Crippen LogP contribution in [0.4, 0.5) is 5.69 Å². The van der Waals surface area contributed by atoms with Gasteiger partial charge in [-0.1, -0.05) is 18.2 Å². The molecule has 2 aliphatic rings. The number of thiazole rings is 1. The lowest BCUT2D eigenvalue weighted by Crippen LogP contribution is -2.54. The van der Waals surface area contributed by atoms with Crippen molar-refractivity contribution in [3.8, 4) is 5.75 Å². The number of hydrogen-bond donors (Lipinski definition) is 1. The molecule has 0 unspecified atom stereocenters. The van der Waals surface area contributed by atoms with Crippen LogP contribution in [-0.2, 0) is 25.6 Å². The molecule has 2 aromatic carbocycles. The number of aliphatic imine (C=N–C) groups is 1. The molecule has 3 aromatic rings. The highest BCUT2D eigenvalue weighted by molar-refractivity contribution is 7.09. The number of aliphatic hydroxyl groups excluding tert-OH is 1. The highest BCUT2D eigenvalue weighted by Gasteiger charge is 2.58. The van der Waals surface area contributed by atoms with Gasteiger partial charge in [-0.15, -0.1) is 11.3 Å². The summed E-state index contributed by atoms with van der Waals surface area (Å²) < 4.78 is 17.7. The van der Waals surface area contributed by atoms with Crippen molar-refractivity contribution in [2.45, 2.75) is 70.7 Å². The van der Waals surface area contributed by atoms with E-state index in [1.807, 2.05) is 69.5 Å². The number of amides is 1. The van der Waals surface area contributed by atoms with Crippen molar-refractivity contribution >= 4 is 34.8 Å². The Morgan fingerprint density at radius 1 is 1.17 bits per heavy atom. The first kappa shape index (κ1) is 28.8. The molecule has 5 rings (SSSR count). The van der Waals surface area contributed by atoms with Gasteiger partial charge in [-0.25, -0.2) is 9.98 Å². The maximum absolute atomic E-state index is 14.5. The van der Waals surface area contributed by atoms with Gasteiger partial charge in [0, 0.05) is 36.0 Å². The number of esters is 1. The molecule has 0 saturated carbocycles. The number of aryl methyl sites for hydroxylation is 1. The molecule has 10 heteroatoms. The first-order valence-electron chi connectivity index (χ1n) is 13.7. The number of rotatable bonds is 10. The van der Waals surface area contributed by atoms with Crippen LogP contribution in [0, 0.1) is 6.92 Å². The summed E-state index contributed by atoms with van der Waals surface area (Å²) in [7, 11) is 0. The smallest absolute Gasteiger partial charge is 0.306 e. The molecule has 0 bridgehead atoms. The van der Waals surface area contributed by atoms with Crippen molar-refractivity contribution in [1.29, 1.82) is 0 Å². The number of aromatic nitrogens is 1. The Bertz CT molecular complexity index is 1440. The van der Waals surface area contributed by atoms with E-state index in [-0.39, 0.29) is 31.9 Å². The Morgan fingerprint density at radius 3 is 2.61 bits per heavy atom.